The third-order valence-electron chi connectivity index (χ3n) is 4.26. The average Bonchev–Trinajstić information content (AvgIpc) is 3.47. The number of carbonyl (C=O) groups is 1. The van der Waals surface area contributed by atoms with Crippen molar-refractivity contribution >= 4 is 51.5 Å². The predicted molar refractivity (Wildman–Crippen MR) is 131 cm³/mol. The van der Waals surface area contributed by atoms with Gasteiger partial charge in [-0.1, -0.05) is 41.6 Å². The van der Waals surface area contributed by atoms with Crippen molar-refractivity contribution in [3.8, 4) is 31.3 Å². The molecule has 0 unspecified atom stereocenters. The summed E-state index contributed by atoms with van der Waals surface area (Å²) in [4.78, 5) is 18.5. The van der Waals surface area contributed by atoms with Gasteiger partial charge in [-0.05, 0) is 61.7 Å². The van der Waals surface area contributed by atoms with Crippen LogP contribution in [0, 0.1) is 11.8 Å². The van der Waals surface area contributed by atoms with Crippen LogP contribution in [0.5, 0.6) is 0 Å². The minimum Gasteiger partial charge on any atom is -0.336 e. The second-order valence-electron chi connectivity index (χ2n) is 7.11. The van der Waals surface area contributed by atoms with E-state index in [2.05, 4.69) is 52.9 Å². The molecule has 30 heavy (non-hydrogen) atoms. The van der Waals surface area contributed by atoms with Crippen LogP contribution >= 0.6 is 45.6 Å². The third kappa shape index (κ3) is 4.85. The lowest BCUT2D eigenvalue weighted by Crippen LogP contribution is -2.42. The summed E-state index contributed by atoms with van der Waals surface area (Å²) in [6.45, 7) is 3.77. The van der Waals surface area contributed by atoms with Crippen molar-refractivity contribution in [1.29, 1.82) is 0 Å². The van der Waals surface area contributed by atoms with Crippen molar-refractivity contribution < 1.29 is 4.79 Å². The van der Waals surface area contributed by atoms with Crippen LogP contribution in [-0.2, 0) is 0 Å². The number of hydrogen-bond acceptors (Lipinski definition) is 4. The van der Waals surface area contributed by atoms with Gasteiger partial charge in [0.05, 0.1) is 21.0 Å². The van der Waals surface area contributed by atoms with Crippen molar-refractivity contribution in [2.24, 2.45) is 0 Å². The highest BCUT2D eigenvalue weighted by Gasteiger charge is 2.20. The highest BCUT2D eigenvalue weighted by Crippen LogP contribution is 2.38. The molecular weight excluding hydrogens is 450 g/mol. The van der Waals surface area contributed by atoms with E-state index in [1.165, 1.54) is 19.5 Å². The van der Waals surface area contributed by atoms with Crippen molar-refractivity contribution in [3.05, 3.63) is 81.5 Å². The van der Waals surface area contributed by atoms with E-state index < -0.39 is 5.54 Å². The Bertz CT molecular complexity index is 1240. The first-order chi connectivity index (χ1) is 14.4. The largest absolute Gasteiger partial charge is 0.336 e. The summed E-state index contributed by atoms with van der Waals surface area (Å²) >= 11 is 11.3. The minimum atomic E-state index is -0.685. The molecule has 1 amide bonds. The first-order valence-electron chi connectivity index (χ1n) is 9.25. The van der Waals surface area contributed by atoms with Gasteiger partial charge in [0.25, 0.3) is 5.91 Å². The summed E-state index contributed by atoms with van der Waals surface area (Å²) in [6, 6.07) is 19.7. The first kappa shape index (κ1) is 20.9. The molecule has 0 aliphatic carbocycles. The maximum Gasteiger partial charge on any atom is 0.253 e. The van der Waals surface area contributed by atoms with Gasteiger partial charge in [0.2, 0.25) is 0 Å². The molecule has 0 fully saturated rings. The summed E-state index contributed by atoms with van der Waals surface area (Å²) in [5.41, 5.74) is -0.234. The zero-order valence-corrected chi connectivity index (χ0v) is 19.6. The monoisotopic (exact) mass is 467 g/mol. The molecule has 0 radical (unpaired) electrons. The second-order valence-corrected chi connectivity index (χ2v) is 10.6. The molecule has 2 nitrogen and oxygen atoms in total. The number of benzene rings is 1. The highest BCUT2D eigenvalue weighted by atomic mass is 35.5. The summed E-state index contributed by atoms with van der Waals surface area (Å²) in [6.07, 6.45) is 0. The first-order valence-corrected chi connectivity index (χ1v) is 12.1. The smallest absolute Gasteiger partial charge is 0.253 e. The zero-order chi connectivity index (χ0) is 21.1. The predicted octanol–water partition coefficient (Wildman–Crippen LogP) is 7.42. The van der Waals surface area contributed by atoms with E-state index >= 15 is 0 Å². The highest BCUT2D eigenvalue weighted by molar-refractivity contribution is 7.26. The zero-order valence-electron chi connectivity index (χ0n) is 16.4. The lowest BCUT2D eigenvalue weighted by Gasteiger charge is -2.20. The number of thiophene rings is 3. The fourth-order valence-corrected chi connectivity index (χ4v) is 5.82. The average molecular weight is 468 g/mol. The summed E-state index contributed by atoms with van der Waals surface area (Å²) < 4.78 is 0. The number of halogens is 1. The SMILES string of the molecule is CC(C)(C#Cc1ccc(-c2ccc(-c3cccs3)s2)s1)NC(=O)c1ccccc1Cl. The fourth-order valence-electron chi connectivity index (χ4n) is 2.80. The van der Waals surface area contributed by atoms with Gasteiger partial charge < -0.3 is 5.32 Å². The van der Waals surface area contributed by atoms with E-state index in [1.807, 2.05) is 19.9 Å². The number of nitrogens with one attached hydrogen (secondary N) is 1. The number of hydrogen-bond donors (Lipinski definition) is 1. The van der Waals surface area contributed by atoms with Gasteiger partial charge in [0.15, 0.2) is 0 Å². The number of carbonyl (C=O) groups excluding carboxylic acids is 1. The maximum absolute atomic E-state index is 12.5. The van der Waals surface area contributed by atoms with Crippen molar-refractivity contribution in [1.82, 2.24) is 5.32 Å². The van der Waals surface area contributed by atoms with Crippen LogP contribution in [0.25, 0.3) is 19.5 Å². The standard InChI is InChI=1S/C24H18ClNOS3/c1-24(2,26-23(27)17-6-3-4-7-18(17)25)14-13-16-9-10-21(29-16)22-12-11-20(30-22)19-8-5-15-28-19/h3-12,15H,1-2H3,(H,26,27). The molecule has 0 aliphatic rings. The Morgan fingerprint density at radius 3 is 2.33 bits per heavy atom. The number of rotatable bonds is 4. The molecule has 4 aromatic rings. The van der Waals surface area contributed by atoms with E-state index in [-0.39, 0.29) is 5.91 Å². The van der Waals surface area contributed by atoms with Crippen LogP contribution in [0.1, 0.15) is 29.1 Å². The lowest BCUT2D eigenvalue weighted by molar-refractivity contribution is 0.0930. The summed E-state index contributed by atoms with van der Waals surface area (Å²) in [7, 11) is 0. The molecule has 1 N–H and O–H groups in total. The summed E-state index contributed by atoms with van der Waals surface area (Å²) in [5, 5.41) is 5.48. The molecule has 0 spiro atoms. The molecule has 0 atom stereocenters. The molecule has 3 heterocycles. The topological polar surface area (TPSA) is 29.1 Å². The molecule has 4 rings (SSSR count). The van der Waals surface area contributed by atoms with Gasteiger partial charge in [-0.15, -0.1) is 34.0 Å². The Morgan fingerprint density at radius 1 is 0.900 bits per heavy atom. The van der Waals surface area contributed by atoms with Gasteiger partial charge in [-0.3, -0.25) is 4.79 Å². The fraction of sp³-hybridized carbons (Fsp3) is 0.125. The quantitative estimate of drug-likeness (QED) is 0.311. The van der Waals surface area contributed by atoms with Gasteiger partial charge in [0, 0.05) is 19.5 Å². The lowest BCUT2D eigenvalue weighted by atomic mass is 10.1. The van der Waals surface area contributed by atoms with Crippen LogP contribution < -0.4 is 5.32 Å². The van der Waals surface area contributed by atoms with Crippen molar-refractivity contribution in [3.63, 3.8) is 0 Å². The van der Waals surface area contributed by atoms with Crippen LogP contribution in [0.2, 0.25) is 5.02 Å². The van der Waals surface area contributed by atoms with E-state index in [0.29, 0.717) is 10.6 Å². The Morgan fingerprint density at radius 2 is 1.60 bits per heavy atom. The molecule has 0 saturated heterocycles. The van der Waals surface area contributed by atoms with Crippen molar-refractivity contribution in [2.75, 3.05) is 0 Å². The summed E-state index contributed by atoms with van der Waals surface area (Å²) in [5.74, 6) is 6.16. The van der Waals surface area contributed by atoms with E-state index in [4.69, 9.17) is 11.6 Å². The minimum absolute atomic E-state index is 0.230. The van der Waals surface area contributed by atoms with Crippen molar-refractivity contribution in [2.45, 2.75) is 19.4 Å². The number of amides is 1. The Hall–Kier alpha value is -2.36. The third-order valence-corrected chi connectivity index (χ3v) is 7.94. The molecule has 0 saturated carbocycles. The molecule has 3 aromatic heterocycles. The normalized spacial score (nSPS) is 11.0. The Balaban J connectivity index is 1.47. The molecule has 1 aromatic carbocycles. The van der Waals surface area contributed by atoms with Gasteiger partial charge in [0.1, 0.15) is 0 Å². The molecule has 150 valence electrons. The van der Waals surface area contributed by atoms with Crippen LogP contribution in [0.4, 0.5) is 0 Å². The van der Waals surface area contributed by atoms with Crippen LogP contribution in [-0.4, -0.2) is 11.4 Å². The second kappa shape index (κ2) is 8.79. The molecule has 0 bridgehead atoms. The Kier molecular flexibility index (Phi) is 6.12. The van der Waals surface area contributed by atoms with E-state index in [1.54, 1.807) is 58.3 Å². The Labute approximate surface area is 193 Å². The van der Waals surface area contributed by atoms with Crippen LogP contribution in [0.15, 0.2) is 66.0 Å². The van der Waals surface area contributed by atoms with E-state index in [9.17, 15) is 4.79 Å². The van der Waals surface area contributed by atoms with Gasteiger partial charge in [-0.25, -0.2) is 0 Å². The maximum atomic E-state index is 12.5. The van der Waals surface area contributed by atoms with Gasteiger partial charge >= 0.3 is 0 Å². The molecule has 6 heteroatoms. The molecule has 0 aliphatic heterocycles. The van der Waals surface area contributed by atoms with Crippen LogP contribution in [0.3, 0.4) is 0 Å². The molecular formula is C24H18ClNOS3. The van der Waals surface area contributed by atoms with Gasteiger partial charge in [-0.2, -0.15) is 0 Å². The van der Waals surface area contributed by atoms with E-state index in [0.717, 1.165) is 4.88 Å².